The fraction of sp³-hybridized carbons (Fsp3) is 0.893. The smallest absolute Gasteiger partial charge is 0.393 e. The maximum absolute atomic E-state index is 11.7. The second-order valence-electron chi connectivity index (χ2n) is 10.5. The molecule has 0 heterocycles. The van der Waals surface area contributed by atoms with Gasteiger partial charge in [0.2, 0.25) is 11.6 Å². The van der Waals surface area contributed by atoms with Crippen molar-refractivity contribution in [3.05, 3.63) is 0 Å². The summed E-state index contributed by atoms with van der Waals surface area (Å²) in [6.45, 7) is 5.40. The second-order valence-corrected chi connectivity index (χ2v) is 18.7. The monoisotopic (exact) mass is 1040 g/mol. The summed E-state index contributed by atoms with van der Waals surface area (Å²) >= 11 is 10.9. The van der Waals surface area contributed by atoms with Gasteiger partial charge < -0.3 is 30.3 Å². The third-order valence-corrected chi connectivity index (χ3v) is 12.9. The Balaban J connectivity index is -0.000000216. The average Bonchev–Trinajstić information content (AvgIpc) is 3.06. The highest BCUT2D eigenvalue weighted by Crippen LogP contribution is 2.23. The summed E-state index contributed by atoms with van der Waals surface area (Å²) in [5.41, 5.74) is 0. The summed E-state index contributed by atoms with van der Waals surface area (Å²) < 4.78 is 155. The zero-order valence-corrected chi connectivity index (χ0v) is 37.9. The number of aliphatic hydroxyl groups excluding tert-OH is 5. The minimum Gasteiger partial charge on any atom is -0.393 e. The lowest BCUT2D eigenvalue weighted by Gasteiger charge is -2.13. The van der Waals surface area contributed by atoms with Crippen molar-refractivity contribution in [3.8, 4) is 0 Å². The number of carbonyl (C=O) groups excluding carboxylic acids is 3. The number of ketones is 3. The molecule has 0 aromatic carbocycles. The van der Waals surface area contributed by atoms with E-state index in [0.29, 0.717) is 38.3 Å². The van der Waals surface area contributed by atoms with Crippen LogP contribution in [-0.2, 0) is 36.4 Å². The number of alkyl halides is 12. The van der Waals surface area contributed by atoms with E-state index in [1.54, 1.807) is 27.7 Å². The van der Waals surface area contributed by atoms with Gasteiger partial charge in [0.25, 0.3) is 5.78 Å². The highest BCUT2D eigenvalue weighted by atomic mass is 32.2. The molecule has 0 aliphatic rings. The second kappa shape index (κ2) is 39.9. The Morgan fingerprint density at radius 1 is 0.492 bits per heavy atom. The van der Waals surface area contributed by atoms with Crippen LogP contribution in [0.3, 0.4) is 0 Å². The van der Waals surface area contributed by atoms with Gasteiger partial charge in [-0.25, -0.2) is 0 Å². The molecule has 356 valence electrons. The van der Waals surface area contributed by atoms with Crippen LogP contribution in [0.1, 0.15) is 27.7 Å². The Morgan fingerprint density at radius 2 is 0.780 bits per heavy atom. The van der Waals surface area contributed by atoms with Crippen LogP contribution >= 0.6 is 82.3 Å². The van der Waals surface area contributed by atoms with E-state index in [1.165, 1.54) is 35.3 Å². The predicted octanol–water partition coefficient (Wildman–Crippen LogP) is 6.36. The molecule has 0 aromatic heterocycles. The van der Waals surface area contributed by atoms with Gasteiger partial charge in [-0.3, -0.25) is 19.1 Å². The molecule has 0 bridgehead atoms. The van der Waals surface area contributed by atoms with Gasteiger partial charge in [0.1, 0.15) is 6.61 Å². The van der Waals surface area contributed by atoms with Crippen LogP contribution in [0.15, 0.2) is 0 Å². The highest BCUT2D eigenvalue weighted by molar-refractivity contribution is 8.16. The molecule has 0 spiro atoms. The van der Waals surface area contributed by atoms with Gasteiger partial charge in [0, 0.05) is 44.0 Å². The number of Topliss-reactive ketones (excluding diaryl/α,β-unsaturated/α-hetero) is 3. The van der Waals surface area contributed by atoms with Crippen molar-refractivity contribution in [2.45, 2.75) is 83.3 Å². The van der Waals surface area contributed by atoms with E-state index >= 15 is 0 Å². The fourth-order valence-electron chi connectivity index (χ4n) is 2.10. The first-order chi connectivity index (χ1) is 26.8. The first kappa shape index (κ1) is 68.4. The van der Waals surface area contributed by atoms with E-state index in [1.807, 2.05) is 0 Å². The minimum atomic E-state index is -4.82. The molecule has 5 unspecified atom stereocenters. The number of ether oxygens (including phenoxy) is 2. The van der Waals surface area contributed by atoms with Gasteiger partial charge in [-0.2, -0.15) is 43.7 Å². The Hall–Kier alpha value is 0.360. The van der Waals surface area contributed by atoms with Crippen molar-refractivity contribution < 1.29 is 106 Å². The maximum Gasteiger partial charge on any atom is 0.524 e. The Labute approximate surface area is 368 Å². The number of carbonyl (C=O) groups is 3. The SMILES string of the molecule is CC(O)CSCOCC(=O)C(F)(F)F.CC(O)CSCSCC(=O)C(F)(F)F.CC(O)CSCSCC(=O)C(F)(F)F.CC(O)CSCSCC(O)OC(F)(F)F.O=S. The van der Waals surface area contributed by atoms with Crippen LogP contribution in [0.2, 0.25) is 0 Å². The summed E-state index contributed by atoms with van der Waals surface area (Å²) in [5.74, 6) is -4.77. The van der Waals surface area contributed by atoms with E-state index < -0.39 is 91.1 Å². The summed E-state index contributed by atoms with van der Waals surface area (Å²) in [6.07, 6.45) is -22.8. The topological polar surface area (TPSA) is 188 Å². The largest absolute Gasteiger partial charge is 0.524 e. The quantitative estimate of drug-likeness (QED) is 0.0386. The fourth-order valence-corrected chi connectivity index (χ4v) is 8.35. The standard InChI is InChI=1S/C7H13F3O3S2.C7H11F3O3S.2C7H11F3O2S2.OS/c1-5(11)2-14-4-15-3-6(12)13-7(8,9)10;1-5(11)3-14-4-13-2-6(12)7(8,9)10;2*1-5(11)2-13-4-14-3-6(12)7(8,9)10;1-2/h5-6,11-12H,2-4H2,1H3;3*5,11H,2-4H2,1H3;. The molecule has 0 fully saturated rings. The summed E-state index contributed by atoms with van der Waals surface area (Å²) in [4.78, 5) is 31.0. The Morgan fingerprint density at radius 3 is 1.07 bits per heavy atom. The molecular weight excluding hydrogens is 997 g/mol. The van der Waals surface area contributed by atoms with E-state index in [-0.39, 0.29) is 11.7 Å². The Kier molecular flexibility index (Phi) is 46.3. The van der Waals surface area contributed by atoms with Crippen molar-refractivity contribution in [2.75, 3.05) is 68.1 Å². The third kappa shape index (κ3) is 60.5. The molecule has 5 N–H and O–H groups in total. The molecule has 5 atom stereocenters. The minimum absolute atomic E-state index is 0.0350. The van der Waals surface area contributed by atoms with Crippen molar-refractivity contribution in [1.82, 2.24) is 0 Å². The van der Waals surface area contributed by atoms with Gasteiger partial charge >= 0.3 is 24.9 Å². The molecule has 0 saturated heterocycles. The van der Waals surface area contributed by atoms with Gasteiger partial charge in [0.05, 0.1) is 41.9 Å². The number of hydrogen-bond donors (Lipinski definition) is 5. The molecule has 0 aromatic rings. The molecule has 0 amide bonds. The van der Waals surface area contributed by atoms with E-state index in [9.17, 15) is 67.1 Å². The molecule has 59 heavy (non-hydrogen) atoms. The molecule has 0 saturated carbocycles. The van der Waals surface area contributed by atoms with Crippen LogP contribution in [0.4, 0.5) is 52.7 Å². The molecule has 11 nitrogen and oxygen atoms in total. The zero-order valence-electron chi connectivity index (χ0n) is 31.4. The number of thioether (sulfide) groups is 7. The summed E-state index contributed by atoms with van der Waals surface area (Å²) in [5, 5.41) is 45.3. The van der Waals surface area contributed by atoms with Crippen molar-refractivity contribution in [3.63, 3.8) is 0 Å². The molecular formula is C28H46F12O11S8. The van der Waals surface area contributed by atoms with E-state index in [2.05, 4.69) is 22.0 Å². The number of hydrogen-bond acceptors (Lipinski definition) is 19. The van der Waals surface area contributed by atoms with Crippen LogP contribution in [-0.4, -0.2) is 171 Å². The van der Waals surface area contributed by atoms with Crippen molar-refractivity contribution >= 4 is 112 Å². The lowest BCUT2D eigenvalue weighted by atomic mass is 10.4. The van der Waals surface area contributed by atoms with Crippen LogP contribution in [0.25, 0.3) is 0 Å². The number of aliphatic hydroxyl groups is 5. The first-order valence-electron chi connectivity index (χ1n) is 15.6. The lowest BCUT2D eigenvalue weighted by molar-refractivity contribution is -0.367. The Bertz CT molecular complexity index is 950. The number of rotatable bonds is 25. The predicted molar refractivity (Wildman–Crippen MR) is 214 cm³/mol. The van der Waals surface area contributed by atoms with Crippen molar-refractivity contribution in [2.24, 2.45) is 0 Å². The van der Waals surface area contributed by atoms with Gasteiger partial charge in [-0.1, -0.05) is 0 Å². The molecule has 0 aliphatic heterocycles. The normalized spacial score (nSPS) is 14.3. The highest BCUT2D eigenvalue weighted by Gasteiger charge is 2.39. The third-order valence-electron chi connectivity index (χ3n) is 4.28. The van der Waals surface area contributed by atoms with Crippen LogP contribution in [0.5, 0.6) is 0 Å². The van der Waals surface area contributed by atoms with Gasteiger partial charge in [-0.05, 0) is 27.7 Å². The molecule has 0 rings (SSSR count). The van der Waals surface area contributed by atoms with Crippen molar-refractivity contribution in [1.29, 1.82) is 0 Å². The number of halogens is 12. The lowest BCUT2D eigenvalue weighted by Crippen LogP contribution is -2.27. The van der Waals surface area contributed by atoms with Gasteiger partial charge in [-0.15, -0.1) is 95.5 Å². The van der Waals surface area contributed by atoms with E-state index in [4.69, 9.17) is 29.7 Å². The van der Waals surface area contributed by atoms with Crippen LogP contribution in [0, 0.1) is 0 Å². The average molecular weight is 1040 g/mol. The molecule has 0 radical (unpaired) electrons. The molecule has 31 heteroatoms. The molecule has 0 aliphatic carbocycles. The van der Waals surface area contributed by atoms with Gasteiger partial charge in [0.15, 0.2) is 18.8 Å². The maximum atomic E-state index is 11.7. The first-order valence-corrected chi connectivity index (χ1v) is 24.0. The zero-order chi connectivity index (χ0) is 47.5. The van der Waals surface area contributed by atoms with E-state index in [0.717, 1.165) is 47.0 Å². The van der Waals surface area contributed by atoms with Crippen LogP contribution < -0.4 is 0 Å². The summed E-state index contributed by atoms with van der Waals surface area (Å²) in [7, 11) is 0. The summed E-state index contributed by atoms with van der Waals surface area (Å²) in [6, 6.07) is 0.